The molecule has 0 radical (unpaired) electrons. The van der Waals surface area contributed by atoms with Crippen molar-refractivity contribution in [2.24, 2.45) is 0 Å². The standard InChI is InChI=1S/C21H23N3O3/c1-4-23(5-2)21-22-18-12-16(20(26)27)10-11-17(18)19(25)24(21)13-15-8-6-14(3)7-9-15/h6-12H,4-5,13H2,1-3H3,(H,26,27). The first-order valence-electron chi connectivity index (χ1n) is 9.03. The Morgan fingerprint density at radius 3 is 2.37 bits per heavy atom. The number of fused-ring (bicyclic) bond motifs is 1. The van der Waals surface area contributed by atoms with Gasteiger partial charge in [-0.05, 0) is 44.5 Å². The van der Waals surface area contributed by atoms with Crippen molar-refractivity contribution in [3.63, 3.8) is 0 Å². The van der Waals surface area contributed by atoms with Crippen LogP contribution in [0.3, 0.4) is 0 Å². The summed E-state index contributed by atoms with van der Waals surface area (Å²) in [5.74, 6) is -0.479. The number of hydrogen-bond acceptors (Lipinski definition) is 4. The third-order valence-electron chi connectivity index (χ3n) is 4.69. The van der Waals surface area contributed by atoms with Crippen LogP contribution in [0.25, 0.3) is 10.9 Å². The predicted molar refractivity (Wildman–Crippen MR) is 107 cm³/mol. The van der Waals surface area contributed by atoms with E-state index in [1.54, 1.807) is 10.6 Å². The average molecular weight is 365 g/mol. The fourth-order valence-electron chi connectivity index (χ4n) is 3.11. The summed E-state index contributed by atoms with van der Waals surface area (Å²) in [6, 6.07) is 12.5. The maximum atomic E-state index is 13.2. The molecule has 1 N–H and O–H groups in total. The lowest BCUT2D eigenvalue weighted by Crippen LogP contribution is -2.33. The van der Waals surface area contributed by atoms with Gasteiger partial charge >= 0.3 is 5.97 Å². The summed E-state index contributed by atoms with van der Waals surface area (Å²) in [7, 11) is 0. The lowest BCUT2D eigenvalue weighted by atomic mass is 10.1. The molecule has 6 heteroatoms. The van der Waals surface area contributed by atoms with E-state index in [1.165, 1.54) is 12.1 Å². The number of carboxylic acids is 1. The van der Waals surface area contributed by atoms with Gasteiger partial charge in [0.05, 0.1) is 23.0 Å². The number of nitrogens with zero attached hydrogens (tertiary/aromatic N) is 3. The lowest BCUT2D eigenvalue weighted by molar-refractivity contribution is 0.0697. The van der Waals surface area contributed by atoms with Crippen LogP contribution in [0.15, 0.2) is 47.3 Å². The van der Waals surface area contributed by atoms with Crippen LogP contribution in [0.5, 0.6) is 0 Å². The fraction of sp³-hybridized carbons (Fsp3) is 0.286. The highest BCUT2D eigenvalue weighted by Gasteiger charge is 2.17. The second-order valence-corrected chi connectivity index (χ2v) is 6.50. The van der Waals surface area contributed by atoms with Gasteiger partial charge in [0.2, 0.25) is 5.95 Å². The van der Waals surface area contributed by atoms with Crippen molar-refractivity contribution < 1.29 is 9.90 Å². The van der Waals surface area contributed by atoms with Gasteiger partial charge in [-0.3, -0.25) is 9.36 Å². The van der Waals surface area contributed by atoms with E-state index in [4.69, 9.17) is 0 Å². The van der Waals surface area contributed by atoms with Crippen molar-refractivity contribution in [3.8, 4) is 0 Å². The van der Waals surface area contributed by atoms with Gasteiger partial charge in [-0.2, -0.15) is 0 Å². The van der Waals surface area contributed by atoms with Crippen molar-refractivity contribution >= 4 is 22.8 Å². The quantitative estimate of drug-likeness (QED) is 0.725. The molecule has 2 aromatic carbocycles. The first-order chi connectivity index (χ1) is 12.9. The zero-order valence-electron chi connectivity index (χ0n) is 15.8. The highest BCUT2D eigenvalue weighted by atomic mass is 16.4. The van der Waals surface area contributed by atoms with Gasteiger partial charge in [-0.25, -0.2) is 9.78 Å². The molecular weight excluding hydrogens is 342 g/mol. The number of anilines is 1. The van der Waals surface area contributed by atoms with Gasteiger partial charge in [0.1, 0.15) is 0 Å². The molecule has 0 bridgehead atoms. The summed E-state index contributed by atoms with van der Waals surface area (Å²) >= 11 is 0. The molecule has 3 rings (SSSR count). The minimum atomic E-state index is -1.04. The van der Waals surface area contributed by atoms with Gasteiger partial charge < -0.3 is 10.0 Å². The Kier molecular flexibility index (Phi) is 5.26. The average Bonchev–Trinajstić information content (AvgIpc) is 2.66. The minimum absolute atomic E-state index is 0.121. The van der Waals surface area contributed by atoms with Gasteiger partial charge in [0.15, 0.2) is 0 Å². The van der Waals surface area contributed by atoms with Crippen LogP contribution in [0.1, 0.15) is 35.3 Å². The Bertz CT molecular complexity index is 1030. The summed E-state index contributed by atoms with van der Waals surface area (Å²) in [5.41, 5.74) is 2.53. The van der Waals surface area contributed by atoms with Crippen molar-refractivity contribution in [1.82, 2.24) is 9.55 Å². The highest BCUT2D eigenvalue weighted by molar-refractivity contribution is 5.93. The molecular formula is C21H23N3O3. The second kappa shape index (κ2) is 7.61. The van der Waals surface area contributed by atoms with Crippen molar-refractivity contribution in [2.75, 3.05) is 18.0 Å². The summed E-state index contributed by atoms with van der Waals surface area (Å²) < 4.78 is 1.67. The molecule has 0 aliphatic rings. The summed E-state index contributed by atoms with van der Waals surface area (Å²) in [6.07, 6.45) is 0. The number of carboxylic acid groups (broad SMARTS) is 1. The van der Waals surface area contributed by atoms with Gasteiger partial charge in [-0.15, -0.1) is 0 Å². The van der Waals surface area contributed by atoms with E-state index in [-0.39, 0.29) is 11.1 Å². The predicted octanol–water partition coefficient (Wildman–Crippen LogP) is 3.30. The van der Waals surface area contributed by atoms with Gasteiger partial charge in [0.25, 0.3) is 5.56 Å². The summed E-state index contributed by atoms with van der Waals surface area (Å²) in [6.45, 7) is 7.83. The molecule has 1 aromatic heterocycles. The molecule has 0 atom stereocenters. The van der Waals surface area contributed by atoms with Crippen LogP contribution >= 0.6 is 0 Å². The topological polar surface area (TPSA) is 75.4 Å². The first kappa shape index (κ1) is 18.6. The molecule has 6 nitrogen and oxygen atoms in total. The number of carbonyl (C=O) groups is 1. The van der Waals surface area contributed by atoms with E-state index in [2.05, 4.69) is 4.98 Å². The highest BCUT2D eigenvalue weighted by Crippen LogP contribution is 2.18. The van der Waals surface area contributed by atoms with Gasteiger partial charge in [0, 0.05) is 13.1 Å². The van der Waals surface area contributed by atoms with Gasteiger partial charge in [-0.1, -0.05) is 29.8 Å². The van der Waals surface area contributed by atoms with E-state index < -0.39 is 5.97 Å². The molecule has 0 saturated carbocycles. The Balaban J connectivity index is 2.22. The molecule has 140 valence electrons. The van der Waals surface area contributed by atoms with Crippen LogP contribution in [0.2, 0.25) is 0 Å². The molecule has 0 aliphatic carbocycles. The van der Waals surface area contributed by atoms with E-state index in [0.29, 0.717) is 36.5 Å². The Morgan fingerprint density at radius 2 is 1.78 bits per heavy atom. The monoisotopic (exact) mass is 365 g/mol. The second-order valence-electron chi connectivity index (χ2n) is 6.50. The largest absolute Gasteiger partial charge is 0.478 e. The molecule has 0 unspecified atom stereocenters. The Morgan fingerprint density at radius 1 is 1.11 bits per heavy atom. The SMILES string of the molecule is CCN(CC)c1nc2cc(C(=O)O)ccc2c(=O)n1Cc1ccc(C)cc1. The van der Waals surface area contributed by atoms with E-state index in [1.807, 2.05) is 49.9 Å². The normalized spacial score (nSPS) is 10.9. The number of rotatable bonds is 6. The van der Waals surface area contributed by atoms with E-state index in [0.717, 1.165) is 11.1 Å². The zero-order valence-corrected chi connectivity index (χ0v) is 15.8. The molecule has 0 spiro atoms. The molecule has 0 amide bonds. The Hall–Kier alpha value is -3.15. The third-order valence-corrected chi connectivity index (χ3v) is 4.69. The smallest absolute Gasteiger partial charge is 0.335 e. The molecule has 0 fully saturated rings. The molecule has 1 heterocycles. The molecule has 0 aliphatic heterocycles. The number of hydrogen-bond donors (Lipinski definition) is 1. The summed E-state index contributed by atoms with van der Waals surface area (Å²) in [5, 5.41) is 9.65. The molecule has 27 heavy (non-hydrogen) atoms. The maximum absolute atomic E-state index is 13.2. The number of aromatic nitrogens is 2. The molecule has 0 saturated heterocycles. The summed E-state index contributed by atoms with van der Waals surface area (Å²) in [4.78, 5) is 31.1. The van der Waals surface area contributed by atoms with E-state index in [9.17, 15) is 14.7 Å². The van der Waals surface area contributed by atoms with Crippen LogP contribution < -0.4 is 10.5 Å². The zero-order chi connectivity index (χ0) is 19.6. The van der Waals surface area contributed by atoms with Crippen LogP contribution in [0, 0.1) is 6.92 Å². The number of aryl methyl sites for hydroxylation is 1. The third kappa shape index (κ3) is 3.69. The van der Waals surface area contributed by atoms with Crippen molar-refractivity contribution in [3.05, 3.63) is 69.5 Å². The number of aromatic carboxylic acids is 1. The van der Waals surface area contributed by atoms with Crippen molar-refractivity contribution in [1.29, 1.82) is 0 Å². The number of benzene rings is 2. The van der Waals surface area contributed by atoms with Crippen LogP contribution in [-0.4, -0.2) is 33.7 Å². The fourth-order valence-corrected chi connectivity index (χ4v) is 3.11. The van der Waals surface area contributed by atoms with Crippen molar-refractivity contribution in [2.45, 2.75) is 27.3 Å². The van der Waals surface area contributed by atoms with E-state index >= 15 is 0 Å². The van der Waals surface area contributed by atoms with Crippen LogP contribution in [0.4, 0.5) is 5.95 Å². The first-order valence-corrected chi connectivity index (χ1v) is 9.03. The lowest BCUT2D eigenvalue weighted by Gasteiger charge is -2.24. The Labute approximate surface area is 157 Å². The maximum Gasteiger partial charge on any atom is 0.335 e. The molecule has 3 aromatic rings. The van der Waals surface area contributed by atoms with Crippen LogP contribution in [-0.2, 0) is 6.54 Å². The minimum Gasteiger partial charge on any atom is -0.478 e.